The van der Waals surface area contributed by atoms with Gasteiger partial charge in [-0.3, -0.25) is 13.9 Å². The van der Waals surface area contributed by atoms with E-state index in [1.54, 1.807) is 62.6 Å². The van der Waals surface area contributed by atoms with Crippen molar-refractivity contribution in [2.24, 2.45) is 0 Å². The van der Waals surface area contributed by atoms with Crippen molar-refractivity contribution in [3.8, 4) is 11.5 Å². The predicted octanol–water partition coefficient (Wildman–Crippen LogP) is 5.28. The molecular formula is C31H38ClN3O6S. The zero-order chi connectivity index (χ0) is 30.7. The molecule has 42 heavy (non-hydrogen) atoms. The minimum Gasteiger partial charge on any atom is -0.497 e. The molecule has 0 fully saturated rings. The van der Waals surface area contributed by atoms with Crippen LogP contribution in [-0.2, 0) is 26.2 Å². The number of hydrogen-bond acceptors (Lipinski definition) is 6. The Labute approximate surface area is 253 Å². The van der Waals surface area contributed by atoms with Crippen molar-refractivity contribution in [1.29, 1.82) is 0 Å². The van der Waals surface area contributed by atoms with Crippen LogP contribution < -0.4 is 19.1 Å². The number of carbonyl (C=O) groups excluding carboxylic acids is 2. The summed E-state index contributed by atoms with van der Waals surface area (Å²) in [6.45, 7) is 5.98. The molecule has 1 N–H and O–H groups in total. The Bertz CT molecular complexity index is 1410. The van der Waals surface area contributed by atoms with Gasteiger partial charge in [-0.2, -0.15) is 0 Å². The molecule has 3 aromatic carbocycles. The number of rotatable bonds is 15. The highest BCUT2D eigenvalue weighted by Crippen LogP contribution is 2.27. The molecule has 0 aliphatic carbocycles. The lowest BCUT2D eigenvalue weighted by Gasteiger charge is -2.32. The average molecular weight is 616 g/mol. The molecule has 0 aliphatic heterocycles. The number of carbonyl (C=O) groups is 2. The lowest BCUT2D eigenvalue weighted by molar-refractivity contribution is -0.139. The molecule has 0 aliphatic rings. The Morgan fingerprint density at radius 3 is 2.12 bits per heavy atom. The van der Waals surface area contributed by atoms with Crippen LogP contribution in [-0.4, -0.2) is 58.0 Å². The second-order valence-corrected chi connectivity index (χ2v) is 11.9. The van der Waals surface area contributed by atoms with E-state index in [1.165, 1.54) is 29.2 Å². The maximum Gasteiger partial charge on any atom is 0.264 e. The highest BCUT2D eigenvalue weighted by Gasteiger charge is 2.32. The Kier molecular flexibility index (Phi) is 12.1. The molecule has 0 heterocycles. The van der Waals surface area contributed by atoms with Crippen LogP contribution in [0.2, 0.25) is 5.02 Å². The highest BCUT2D eigenvalue weighted by molar-refractivity contribution is 7.92. The van der Waals surface area contributed by atoms with E-state index in [0.29, 0.717) is 29.7 Å². The SMILES string of the molecule is CCCCNC(=O)[C@@H](C)N(Cc1ccc(OC)cc1)C(=O)CN(c1ccc(OCC)cc1)S(=O)(=O)c1ccc(Cl)cc1. The summed E-state index contributed by atoms with van der Waals surface area (Å²) in [7, 11) is -2.64. The van der Waals surface area contributed by atoms with E-state index in [0.717, 1.165) is 22.7 Å². The highest BCUT2D eigenvalue weighted by atomic mass is 35.5. The number of nitrogens with one attached hydrogen (secondary N) is 1. The number of amides is 2. The molecule has 0 saturated heterocycles. The maximum atomic E-state index is 14.0. The zero-order valence-corrected chi connectivity index (χ0v) is 26.0. The van der Waals surface area contributed by atoms with E-state index in [-0.39, 0.29) is 23.0 Å². The predicted molar refractivity (Wildman–Crippen MR) is 165 cm³/mol. The van der Waals surface area contributed by atoms with Gasteiger partial charge in [-0.05, 0) is 86.5 Å². The first-order chi connectivity index (χ1) is 20.1. The van der Waals surface area contributed by atoms with E-state index in [1.807, 2.05) is 13.8 Å². The van der Waals surface area contributed by atoms with Crippen molar-refractivity contribution >= 4 is 39.1 Å². The fourth-order valence-electron chi connectivity index (χ4n) is 4.18. The van der Waals surface area contributed by atoms with Gasteiger partial charge in [0, 0.05) is 18.1 Å². The number of sulfonamides is 1. The first-order valence-electron chi connectivity index (χ1n) is 13.8. The van der Waals surface area contributed by atoms with Gasteiger partial charge in [-0.1, -0.05) is 37.1 Å². The van der Waals surface area contributed by atoms with Crippen molar-refractivity contribution in [3.05, 3.63) is 83.4 Å². The summed E-state index contributed by atoms with van der Waals surface area (Å²) in [5.74, 6) is 0.349. The monoisotopic (exact) mass is 615 g/mol. The van der Waals surface area contributed by atoms with Crippen LogP contribution in [0.5, 0.6) is 11.5 Å². The standard InChI is InChI=1S/C31H38ClN3O6S/c1-5-7-20-33-31(37)23(3)34(21-24-8-14-27(40-4)15-9-24)30(36)22-35(26-12-16-28(17-13-26)41-6-2)42(38,39)29-18-10-25(32)11-19-29/h8-19,23H,5-7,20-22H2,1-4H3,(H,33,37)/t23-/m1/s1. The quantitative estimate of drug-likeness (QED) is 0.233. The van der Waals surface area contributed by atoms with E-state index in [9.17, 15) is 18.0 Å². The van der Waals surface area contributed by atoms with Crippen LogP contribution in [0.4, 0.5) is 5.69 Å². The van der Waals surface area contributed by atoms with E-state index >= 15 is 0 Å². The summed E-state index contributed by atoms with van der Waals surface area (Å²) in [4.78, 5) is 28.4. The molecule has 226 valence electrons. The van der Waals surface area contributed by atoms with Crippen molar-refractivity contribution < 1.29 is 27.5 Å². The van der Waals surface area contributed by atoms with Gasteiger partial charge in [-0.15, -0.1) is 0 Å². The number of halogens is 1. The number of nitrogens with zero attached hydrogens (tertiary/aromatic N) is 2. The van der Waals surface area contributed by atoms with Crippen molar-refractivity contribution in [1.82, 2.24) is 10.2 Å². The van der Waals surface area contributed by atoms with Crippen LogP contribution in [0.1, 0.15) is 39.2 Å². The Morgan fingerprint density at radius 2 is 1.55 bits per heavy atom. The summed E-state index contributed by atoms with van der Waals surface area (Å²) in [5, 5.41) is 3.26. The van der Waals surface area contributed by atoms with Gasteiger partial charge in [0.15, 0.2) is 0 Å². The largest absolute Gasteiger partial charge is 0.497 e. The molecule has 0 bridgehead atoms. The molecule has 0 saturated carbocycles. The summed E-state index contributed by atoms with van der Waals surface area (Å²) in [5.41, 5.74) is 1.02. The fourth-order valence-corrected chi connectivity index (χ4v) is 5.72. The average Bonchev–Trinajstić information content (AvgIpc) is 2.99. The number of ether oxygens (including phenoxy) is 2. The molecule has 2 amide bonds. The van der Waals surface area contributed by atoms with E-state index < -0.39 is 28.5 Å². The molecule has 0 aromatic heterocycles. The van der Waals surface area contributed by atoms with Crippen molar-refractivity contribution in [3.63, 3.8) is 0 Å². The van der Waals surface area contributed by atoms with E-state index in [4.69, 9.17) is 21.1 Å². The van der Waals surface area contributed by atoms with Gasteiger partial charge >= 0.3 is 0 Å². The molecule has 3 rings (SSSR count). The normalized spacial score (nSPS) is 11.8. The van der Waals surface area contributed by atoms with Gasteiger partial charge in [0.2, 0.25) is 11.8 Å². The van der Waals surface area contributed by atoms with Gasteiger partial charge in [-0.25, -0.2) is 8.42 Å². The molecule has 11 heteroatoms. The van der Waals surface area contributed by atoms with Gasteiger partial charge in [0.05, 0.1) is 24.3 Å². The zero-order valence-electron chi connectivity index (χ0n) is 24.4. The third-order valence-electron chi connectivity index (χ3n) is 6.63. The molecule has 9 nitrogen and oxygen atoms in total. The molecular weight excluding hydrogens is 578 g/mol. The topological polar surface area (TPSA) is 105 Å². The van der Waals surface area contributed by atoms with Crippen molar-refractivity contribution in [2.75, 3.05) is 31.1 Å². The molecule has 1 atom stereocenters. The van der Waals surface area contributed by atoms with Crippen LogP contribution in [0, 0.1) is 0 Å². The lowest BCUT2D eigenvalue weighted by Crippen LogP contribution is -2.51. The third-order valence-corrected chi connectivity index (χ3v) is 8.67. The second-order valence-electron chi connectivity index (χ2n) is 9.58. The Hall–Kier alpha value is -3.76. The van der Waals surface area contributed by atoms with E-state index in [2.05, 4.69) is 5.32 Å². The second kappa shape index (κ2) is 15.5. The van der Waals surface area contributed by atoms with Crippen LogP contribution in [0.3, 0.4) is 0 Å². The first kappa shape index (κ1) is 32.8. The van der Waals surface area contributed by atoms with Gasteiger partial charge in [0.25, 0.3) is 10.0 Å². The van der Waals surface area contributed by atoms with Crippen LogP contribution >= 0.6 is 11.6 Å². The Morgan fingerprint density at radius 1 is 0.929 bits per heavy atom. The number of methoxy groups -OCH3 is 1. The minimum atomic E-state index is -4.20. The first-order valence-corrected chi connectivity index (χ1v) is 15.6. The maximum absolute atomic E-state index is 14.0. The molecule has 0 unspecified atom stereocenters. The van der Waals surface area contributed by atoms with Crippen molar-refractivity contribution in [2.45, 2.75) is 51.1 Å². The summed E-state index contributed by atoms with van der Waals surface area (Å²) in [6.07, 6.45) is 1.71. The van der Waals surface area contributed by atoms with Gasteiger partial charge in [0.1, 0.15) is 24.1 Å². The third kappa shape index (κ3) is 8.62. The summed E-state index contributed by atoms with van der Waals surface area (Å²) < 4.78 is 39.6. The smallest absolute Gasteiger partial charge is 0.264 e. The summed E-state index contributed by atoms with van der Waals surface area (Å²) in [6, 6.07) is 18.5. The van der Waals surface area contributed by atoms with Gasteiger partial charge < -0.3 is 19.7 Å². The lowest BCUT2D eigenvalue weighted by atomic mass is 10.1. The number of unbranched alkanes of at least 4 members (excludes halogenated alkanes) is 1. The number of hydrogen-bond donors (Lipinski definition) is 1. The number of benzene rings is 3. The van der Waals surface area contributed by atoms with Crippen LogP contribution in [0.15, 0.2) is 77.7 Å². The fraction of sp³-hybridized carbons (Fsp3) is 0.355. The number of anilines is 1. The van der Waals surface area contributed by atoms with Crippen LogP contribution in [0.25, 0.3) is 0 Å². The Balaban J connectivity index is 2.00. The molecule has 3 aromatic rings. The molecule has 0 radical (unpaired) electrons. The molecule has 0 spiro atoms. The summed E-state index contributed by atoms with van der Waals surface area (Å²) >= 11 is 6.01. The minimum absolute atomic E-state index is 0.0272.